The van der Waals surface area contributed by atoms with Crippen molar-refractivity contribution in [1.82, 2.24) is 0 Å². The normalized spacial score (nSPS) is 9.78. The molecule has 0 heterocycles. The minimum absolute atomic E-state index is 0.737. The number of hydrogen-bond acceptors (Lipinski definition) is 0. The standard InChI is InChI=1S/C8H11Cl/c1-2-3-4-5-6-7-8-9/h1,4-5H,3,6-8H2/b5-4-. The highest BCUT2D eigenvalue weighted by Gasteiger charge is 1.76. The van der Waals surface area contributed by atoms with Gasteiger partial charge in [0.25, 0.3) is 0 Å². The maximum absolute atomic E-state index is 5.44. The molecule has 0 unspecified atom stereocenters. The number of rotatable bonds is 4. The van der Waals surface area contributed by atoms with Crippen molar-refractivity contribution in [2.75, 3.05) is 5.88 Å². The van der Waals surface area contributed by atoms with Crippen molar-refractivity contribution in [3.63, 3.8) is 0 Å². The summed E-state index contributed by atoms with van der Waals surface area (Å²) < 4.78 is 0. The number of allylic oxidation sites excluding steroid dienone is 2. The first kappa shape index (κ1) is 8.59. The van der Waals surface area contributed by atoms with Crippen LogP contribution in [0.4, 0.5) is 0 Å². The Bertz CT molecular complexity index is 108. The maximum atomic E-state index is 5.44. The molecule has 0 nitrogen and oxygen atoms in total. The number of halogens is 1. The lowest BCUT2D eigenvalue weighted by molar-refractivity contribution is 0.963. The third-order valence-electron chi connectivity index (χ3n) is 0.907. The fraction of sp³-hybridized carbons (Fsp3) is 0.500. The van der Waals surface area contributed by atoms with Crippen molar-refractivity contribution in [2.24, 2.45) is 0 Å². The molecule has 0 spiro atoms. The van der Waals surface area contributed by atoms with Gasteiger partial charge in [-0.3, -0.25) is 0 Å². The molecule has 0 atom stereocenters. The first-order chi connectivity index (χ1) is 4.41. The predicted molar refractivity (Wildman–Crippen MR) is 42.5 cm³/mol. The number of terminal acetylenes is 1. The van der Waals surface area contributed by atoms with Crippen LogP contribution in [0.2, 0.25) is 0 Å². The van der Waals surface area contributed by atoms with Gasteiger partial charge in [0.1, 0.15) is 0 Å². The van der Waals surface area contributed by atoms with Gasteiger partial charge >= 0.3 is 0 Å². The van der Waals surface area contributed by atoms with Gasteiger partial charge in [-0.05, 0) is 12.8 Å². The van der Waals surface area contributed by atoms with Crippen LogP contribution < -0.4 is 0 Å². The summed E-state index contributed by atoms with van der Waals surface area (Å²) in [5, 5.41) is 0. The summed E-state index contributed by atoms with van der Waals surface area (Å²) >= 11 is 5.44. The lowest BCUT2D eigenvalue weighted by Gasteiger charge is -1.84. The first-order valence-corrected chi connectivity index (χ1v) is 3.59. The number of hydrogen-bond donors (Lipinski definition) is 0. The topological polar surface area (TPSA) is 0 Å². The molecule has 0 amide bonds. The lowest BCUT2D eigenvalue weighted by atomic mass is 10.3. The summed E-state index contributed by atoms with van der Waals surface area (Å²) in [4.78, 5) is 0. The van der Waals surface area contributed by atoms with E-state index in [9.17, 15) is 0 Å². The van der Waals surface area contributed by atoms with E-state index < -0.39 is 0 Å². The molecule has 0 saturated carbocycles. The zero-order valence-corrected chi connectivity index (χ0v) is 6.19. The van der Waals surface area contributed by atoms with Crippen LogP contribution in [-0.4, -0.2) is 5.88 Å². The molecule has 0 saturated heterocycles. The first-order valence-electron chi connectivity index (χ1n) is 3.06. The van der Waals surface area contributed by atoms with Gasteiger partial charge in [0.15, 0.2) is 0 Å². The largest absolute Gasteiger partial charge is 0.127 e. The minimum atomic E-state index is 0.737. The van der Waals surface area contributed by atoms with E-state index in [2.05, 4.69) is 12.0 Å². The van der Waals surface area contributed by atoms with Crippen molar-refractivity contribution in [3.05, 3.63) is 12.2 Å². The van der Waals surface area contributed by atoms with Crippen molar-refractivity contribution in [1.29, 1.82) is 0 Å². The van der Waals surface area contributed by atoms with E-state index in [4.69, 9.17) is 18.0 Å². The van der Waals surface area contributed by atoms with Crippen molar-refractivity contribution in [2.45, 2.75) is 19.3 Å². The molecular weight excluding hydrogens is 132 g/mol. The SMILES string of the molecule is C#CC/C=C\CCCCl. The van der Waals surface area contributed by atoms with Crippen LogP contribution in [0.1, 0.15) is 19.3 Å². The summed E-state index contributed by atoms with van der Waals surface area (Å²) in [5.74, 6) is 3.26. The smallest absolute Gasteiger partial charge is 0.0267 e. The van der Waals surface area contributed by atoms with Crippen LogP contribution in [0.5, 0.6) is 0 Å². The van der Waals surface area contributed by atoms with E-state index in [-0.39, 0.29) is 0 Å². The van der Waals surface area contributed by atoms with Crippen LogP contribution in [-0.2, 0) is 0 Å². The minimum Gasteiger partial charge on any atom is -0.127 e. The Morgan fingerprint density at radius 2 is 2.22 bits per heavy atom. The zero-order chi connectivity index (χ0) is 6.95. The van der Waals surface area contributed by atoms with E-state index in [1.165, 1.54) is 0 Å². The van der Waals surface area contributed by atoms with Crippen molar-refractivity contribution in [3.8, 4) is 12.3 Å². The van der Waals surface area contributed by atoms with E-state index in [0.717, 1.165) is 25.1 Å². The fourth-order valence-corrected chi connectivity index (χ4v) is 0.619. The highest BCUT2D eigenvalue weighted by Crippen LogP contribution is 1.93. The Hall–Kier alpha value is -0.410. The summed E-state index contributed by atoms with van der Waals surface area (Å²) in [7, 11) is 0. The van der Waals surface area contributed by atoms with Crippen LogP contribution in [0.3, 0.4) is 0 Å². The highest BCUT2D eigenvalue weighted by molar-refractivity contribution is 6.17. The van der Waals surface area contributed by atoms with Gasteiger partial charge in [0, 0.05) is 12.3 Å². The molecule has 9 heavy (non-hydrogen) atoms. The Morgan fingerprint density at radius 1 is 1.44 bits per heavy atom. The second-order valence-corrected chi connectivity index (χ2v) is 2.09. The summed E-state index contributed by atoms with van der Waals surface area (Å²) in [5.41, 5.74) is 0. The number of alkyl halides is 1. The van der Waals surface area contributed by atoms with Gasteiger partial charge < -0.3 is 0 Å². The molecular formula is C8H11Cl. The quantitative estimate of drug-likeness (QED) is 0.245. The van der Waals surface area contributed by atoms with Gasteiger partial charge in [-0.1, -0.05) is 12.2 Å². The van der Waals surface area contributed by atoms with Crippen molar-refractivity contribution < 1.29 is 0 Å². The van der Waals surface area contributed by atoms with Gasteiger partial charge in [-0.25, -0.2) is 0 Å². The fourth-order valence-electron chi connectivity index (χ4n) is 0.464. The van der Waals surface area contributed by atoms with Gasteiger partial charge in [0.2, 0.25) is 0 Å². The molecule has 0 aromatic carbocycles. The number of unbranched alkanes of at least 4 members (excludes halogenated alkanes) is 1. The average Bonchev–Trinajstić information content (AvgIpc) is 1.89. The second kappa shape index (κ2) is 7.59. The second-order valence-electron chi connectivity index (χ2n) is 1.71. The van der Waals surface area contributed by atoms with Crippen LogP contribution in [0, 0.1) is 12.3 Å². The molecule has 50 valence electrons. The van der Waals surface area contributed by atoms with E-state index in [0.29, 0.717) is 0 Å². The Balaban J connectivity index is 2.97. The van der Waals surface area contributed by atoms with E-state index >= 15 is 0 Å². The third-order valence-corrected chi connectivity index (χ3v) is 1.17. The molecule has 0 N–H and O–H groups in total. The maximum Gasteiger partial charge on any atom is 0.0267 e. The lowest BCUT2D eigenvalue weighted by Crippen LogP contribution is -1.70. The third kappa shape index (κ3) is 7.59. The Labute approximate surface area is 61.9 Å². The molecule has 0 rings (SSSR count). The molecule has 0 bridgehead atoms. The summed E-state index contributed by atoms with van der Waals surface area (Å²) in [6, 6.07) is 0. The van der Waals surface area contributed by atoms with Crippen LogP contribution in [0.15, 0.2) is 12.2 Å². The average molecular weight is 143 g/mol. The Morgan fingerprint density at radius 3 is 2.78 bits per heavy atom. The highest BCUT2D eigenvalue weighted by atomic mass is 35.5. The Kier molecular flexibility index (Phi) is 7.24. The molecule has 0 aliphatic carbocycles. The van der Waals surface area contributed by atoms with E-state index in [1.54, 1.807) is 0 Å². The molecule has 0 fully saturated rings. The molecule has 0 aliphatic heterocycles. The summed E-state index contributed by atoms with van der Waals surface area (Å²) in [6.07, 6.45) is 11.9. The van der Waals surface area contributed by atoms with Crippen LogP contribution >= 0.6 is 11.6 Å². The van der Waals surface area contributed by atoms with Gasteiger partial charge in [-0.15, -0.1) is 23.9 Å². The van der Waals surface area contributed by atoms with Crippen molar-refractivity contribution >= 4 is 11.6 Å². The van der Waals surface area contributed by atoms with E-state index in [1.807, 2.05) is 6.08 Å². The monoisotopic (exact) mass is 142 g/mol. The summed E-state index contributed by atoms with van der Waals surface area (Å²) in [6.45, 7) is 0. The molecule has 1 heteroatoms. The molecule has 0 radical (unpaired) electrons. The van der Waals surface area contributed by atoms with Gasteiger partial charge in [0.05, 0.1) is 0 Å². The molecule has 0 aliphatic rings. The molecule has 0 aromatic rings. The predicted octanol–water partition coefficient (Wildman–Crippen LogP) is 2.58. The zero-order valence-electron chi connectivity index (χ0n) is 5.44. The van der Waals surface area contributed by atoms with Crippen LogP contribution in [0.25, 0.3) is 0 Å². The molecule has 0 aromatic heterocycles. The van der Waals surface area contributed by atoms with Gasteiger partial charge in [-0.2, -0.15) is 0 Å².